The van der Waals surface area contributed by atoms with E-state index in [4.69, 9.17) is 15.0 Å². The summed E-state index contributed by atoms with van der Waals surface area (Å²) >= 11 is 1.87. The van der Waals surface area contributed by atoms with Crippen LogP contribution in [0.1, 0.15) is 0 Å². The fourth-order valence-corrected chi connectivity index (χ4v) is 11.1. The van der Waals surface area contributed by atoms with Crippen molar-refractivity contribution in [3.8, 4) is 78.5 Å². The summed E-state index contributed by atoms with van der Waals surface area (Å²) < 4.78 is 2.63. The van der Waals surface area contributed by atoms with E-state index in [2.05, 4.69) is 206 Å². The van der Waals surface area contributed by atoms with Gasteiger partial charge in [0.1, 0.15) is 0 Å². The minimum atomic E-state index is 0.691. The van der Waals surface area contributed by atoms with Gasteiger partial charge in [0.25, 0.3) is 0 Å². The lowest BCUT2D eigenvalue weighted by molar-refractivity contribution is 1.18. The molecule has 4 heteroatoms. The van der Waals surface area contributed by atoms with E-state index in [9.17, 15) is 0 Å². The van der Waals surface area contributed by atoms with Crippen LogP contribution in [0, 0.1) is 0 Å². The molecule has 0 saturated heterocycles. The number of rotatable bonds is 7. The quantitative estimate of drug-likeness (QED) is 0.150. The minimum Gasteiger partial charge on any atom is -0.246 e. The number of para-hydroxylation sites is 1. The molecular weight excluding hydrogens is 831 g/mol. The molecule has 0 spiro atoms. The molecule has 0 radical (unpaired) electrons. The van der Waals surface area contributed by atoms with E-state index in [0.717, 1.165) is 77.9 Å². The SMILES string of the molecule is c1ccc(-c2nc(-c3ccccc3)c(-c3ccc(-c4nc5c(-c6ccc(-c7cccc8c7sc7ccccc78)cc6)cccc5c5c4ccc4ccccc45)cc3)c(-c3ccccc3)n2)cc1. The first-order valence-corrected chi connectivity index (χ1v) is 23.5. The second kappa shape index (κ2) is 16.1. The van der Waals surface area contributed by atoms with Crippen molar-refractivity contribution in [2.45, 2.75) is 0 Å². The van der Waals surface area contributed by atoms with Gasteiger partial charge in [0.15, 0.2) is 5.82 Å². The average molecular weight is 870 g/mol. The first kappa shape index (κ1) is 38.9. The number of thiophene rings is 1. The van der Waals surface area contributed by atoms with Crippen LogP contribution in [-0.2, 0) is 0 Å². The third kappa shape index (κ3) is 6.69. The number of pyridine rings is 1. The summed E-state index contributed by atoms with van der Waals surface area (Å²) in [4.78, 5) is 16.3. The topological polar surface area (TPSA) is 38.7 Å². The first-order chi connectivity index (χ1) is 33.2. The maximum absolute atomic E-state index is 5.66. The average Bonchev–Trinajstić information content (AvgIpc) is 3.80. The van der Waals surface area contributed by atoms with Crippen LogP contribution in [0.5, 0.6) is 0 Å². The molecule has 13 rings (SSSR count). The Balaban J connectivity index is 0.981. The molecule has 0 atom stereocenters. The van der Waals surface area contributed by atoms with Crippen LogP contribution in [0.3, 0.4) is 0 Å². The van der Waals surface area contributed by atoms with Crippen LogP contribution in [0.25, 0.3) is 131 Å². The lowest BCUT2D eigenvalue weighted by Crippen LogP contribution is -2.01. The highest BCUT2D eigenvalue weighted by Crippen LogP contribution is 2.44. The van der Waals surface area contributed by atoms with Gasteiger partial charge in [0, 0.05) is 69.7 Å². The Bertz CT molecular complexity index is 3930. The molecule has 0 N–H and O–H groups in total. The number of hydrogen-bond acceptors (Lipinski definition) is 4. The normalized spacial score (nSPS) is 11.6. The molecule has 13 aromatic rings. The zero-order valence-electron chi connectivity index (χ0n) is 36.3. The van der Waals surface area contributed by atoms with Crippen molar-refractivity contribution in [2.24, 2.45) is 0 Å². The predicted molar refractivity (Wildman–Crippen MR) is 283 cm³/mol. The van der Waals surface area contributed by atoms with E-state index in [-0.39, 0.29) is 0 Å². The van der Waals surface area contributed by atoms with Crippen LogP contribution < -0.4 is 0 Å². The second-order valence-electron chi connectivity index (χ2n) is 17.0. The molecule has 10 aromatic carbocycles. The van der Waals surface area contributed by atoms with Crippen LogP contribution in [-0.4, -0.2) is 15.0 Å². The van der Waals surface area contributed by atoms with Crippen molar-refractivity contribution in [1.29, 1.82) is 0 Å². The van der Waals surface area contributed by atoms with Crippen molar-refractivity contribution in [1.82, 2.24) is 15.0 Å². The van der Waals surface area contributed by atoms with Gasteiger partial charge >= 0.3 is 0 Å². The molecule has 3 nitrogen and oxygen atoms in total. The molecule has 0 bridgehead atoms. The summed E-state index contributed by atoms with van der Waals surface area (Å²) in [5.41, 5.74) is 14.5. The Kier molecular flexibility index (Phi) is 9.36. The van der Waals surface area contributed by atoms with Crippen LogP contribution in [0.4, 0.5) is 0 Å². The zero-order chi connectivity index (χ0) is 44.3. The highest BCUT2D eigenvalue weighted by atomic mass is 32.1. The largest absolute Gasteiger partial charge is 0.246 e. The van der Waals surface area contributed by atoms with Crippen LogP contribution in [0.2, 0.25) is 0 Å². The van der Waals surface area contributed by atoms with E-state index in [0.29, 0.717) is 5.82 Å². The number of hydrogen-bond donors (Lipinski definition) is 0. The lowest BCUT2D eigenvalue weighted by Gasteiger charge is -2.18. The highest BCUT2D eigenvalue weighted by Gasteiger charge is 2.22. The van der Waals surface area contributed by atoms with Gasteiger partial charge in [0.05, 0.1) is 22.6 Å². The Hall–Kier alpha value is -8.57. The Morgan fingerprint density at radius 2 is 0.791 bits per heavy atom. The number of benzene rings is 10. The monoisotopic (exact) mass is 869 g/mol. The van der Waals surface area contributed by atoms with Gasteiger partial charge in [-0.15, -0.1) is 11.3 Å². The van der Waals surface area contributed by atoms with Crippen molar-refractivity contribution < 1.29 is 0 Å². The molecule has 67 heavy (non-hydrogen) atoms. The van der Waals surface area contributed by atoms with Gasteiger partial charge in [-0.25, -0.2) is 15.0 Å². The van der Waals surface area contributed by atoms with Gasteiger partial charge in [-0.05, 0) is 39.1 Å². The molecule has 0 amide bonds. The Labute approximate surface area is 392 Å². The molecule has 0 unspecified atom stereocenters. The maximum Gasteiger partial charge on any atom is 0.160 e. The summed E-state index contributed by atoms with van der Waals surface area (Å²) in [6, 6.07) is 84.3. The molecule has 0 aliphatic heterocycles. The van der Waals surface area contributed by atoms with Crippen molar-refractivity contribution in [3.63, 3.8) is 0 Å². The number of fused-ring (bicyclic) bond motifs is 8. The summed E-state index contributed by atoms with van der Waals surface area (Å²) in [6.07, 6.45) is 0. The first-order valence-electron chi connectivity index (χ1n) is 22.7. The van der Waals surface area contributed by atoms with E-state index in [1.807, 2.05) is 41.7 Å². The van der Waals surface area contributed by atoms with E-state index in [1.54, 1.807) is 0 Å². The Morgan fingerprint density at radius 1 is 0.284 bits per heavy atom. The van der Waals surface area contributed by atoms with Gasteiger partial charge in [-0.2, -0.15) is 0 Å². The summed E-state index contributed by atoms with van der Waals surface area (Å²) in [5.74, 6) is 0.691. The molecule has 0 aliphatic carbocycles. The van der Waals surface area contributed by atoms with Crippen molar-refractivity contribution in [3.05, 3.63) is 237 Å². The molecule has 0 aliphatic rings. The fourth-order valence-electron chi connectivity index (χ4n) is 9.91. The minimum absolute atomic E-state index is 0.691. The maximum atomic E-state index is 5.66. The van der Waals surface area contributed by atoms with Crippen molar-refractivity contribution >= 4 is 64.0 Å². The van der Waals surface area contributed by atoms with Crippen molar-refractivity contribution in [2.75, 3.05) is 0 Å². The third-order valence-electron chi connectivity index (χ3n) is 13.1. The molecule has 3 aromatic heterocycles. The summed E-state index contributed by atoms with van der Waals surface area (Å²) in [5, 5.41) is 8.50. The van der Waals surface area contributed by atoms with Gasteiger partial charge < -0.3 is 0 Å². The van der Waals surface area contributed by atoms with Crippen LogP contribution >= 0.6 is 11.3 Å². The van der Waals surface area contributed by atoms with Gasteiger partial charge in [-0.3, -0.25) is 0 Å². The zero-order valence-corrected chi connectivity index (χ0v) is 37.1. The summed E-state index contributed by atoms with van der Waals surface area (Å²) in [7, 11) is 0. The third-order valence-corrected chi connectivity index (χ3v) is 14.3. The highest BCUT2D eigenvalue weighted by molar-refractivity contribution is 7.26. The lowest BCUT2D eigenvalue weighted by atomic mass is 9.91. The van der Waals surface area contributed by atoms with Gasteiger partial charge in [-0.1, -0.05) is 231 Å². The molecule has 312 valence electrons. The molecule has 0 saturated carbocycles. The van der Waals surface area contributed by atoms with E-state index in [1.165, 1.54) is 47.5 Å². The standard InChI is InChI=1S/C63H39N3S/c1-4-17-44(18-5-1)59-56(60(45-19-6-2-7-20-45)66-63(65-59)47-21-8-3-9-22-47)43-34-36-46(37-35-43)58-54-39-38-40-16-10-11-23-48(40)57(54)53-28-14-25-49(61(53)64-58)41-30-32-42(33-31-41)50-26-15-27-52-51-24-12-13-29-55(51)67-62(50)52/h1-39H. The van der Waals surface area contributed by atoms with E-state index >= 15 is 0 Å². The molecule has 0 fully saturated rings. The molecule has 3 heterocycles. The predicted octanol–water partition coefficient (Wildman–Crippen LogP) is 17.4. The smallest absolute Gasteiger partial charge is 0.160 e. The van der Waals surface area contributed by atoms with Crippen LogP contribution in [0.15, 0.2) is 237 Å². The fraction of sp³-hybridized carbons (Fsp3) is 0. The second-order valence-corrected chi connectivity index (χ2v) is 18.1. The van der Waals surface area contributed by atoms with Gasteiger partial charge in [0.2, 0.25) is 0 Å². The van der Waals surface area contributed by atoms with E-state index < -0.39 is 0 Å². The number of aromatic nitrogens is 3. The molecular formula is C63H39N3S. The Morgan fingerprint density at radius 3 is 1.48 bits per heavy atom. The summed E-state index contributed by atoms with van der Waals surface area (Å²) in [6.45, 7) is 0. The number of nitrogens with zero attached hydrogens (tertiary/aromatic N) is 3.